The Bertz CT molecular complexity index is 955. The summed E-state index contributed by atoms with van der Waals surface area (Å²) in [6.45, 7) is 1.31. The van der Waals surface area contributed by atoms with Crippen LogP contribution in [0.4, 0.5) is 4.79 Å². The van der Waals surface area contributed by atoms with Crippen LogP contribution in [0.3, 0.4) is 0 Å². The quantitative estimate of drug-likeness (QED) is 0.653. The number of aliphatic carboxylic acids is 1. The van der Waals surface area contributed by atoms with Crippen molar-refractivity contribution >= 4 is 18.0 Å². The number of rotatable bonds is 7. The molecule has 2 aromatic rings. The number of nitrogens with one attached hydrogen (secondary N) is 2. The van der Waals surface area contributed by atoms with Crippen molar-refractivity contribution in [2.24, 2.45) is 5.92 Å². The Labute approximate surface area is 174 Å². The topological polar surface area (TPSA) is 105 Å². The van der Waals surface area contributed by atoms with Crippen LogP contribution in [0, 0.1) is 5.92 Å². The third-order valence-corrected chi connectivity index (χ3v) is 5.97. The number of hydrogen-bond donors (Lipinski definition) is 3. The first kappa shape index (κ1) is 19.9. The zero-order valence-electron chi connectivity index (χ0n) is 16.7. The minimum absolute atomic E-state index is 0.0675. The van der Waals surface area contributed by atoms with E-state index in [4.69, 9.17) is 4.74 Å². The number of hydrogen-bond acceptors (Lipinski definition) is 4. The van der Waals surface area contributed by atoms with E-state index in [-0.39, 0.29) is 25.0 Å². The van der Waals surface area contributed by atoms with Gasteiger partial charge >= 0.3 is 12.1 Å². The summed E-state index contributed by atoms with van der Waals surface area (Å²) in [7, 11) is 0. The Morgan fingerprint density at radius 1 is 1.03 bits per heavy atom. The summed E-state index contributed by atoms with van der Waals surface area (Å²) in [6, 6.07) is 16.0. The summed E-state index contributed by atoms with van der Waals surface area (Å²) in [5.74, 6) is -1.77. The van der Waals surface area contributed by atoms with Crippen LogP contribution in [-0.4, -0.2) is 41.8 Å². The van der Waals surface area contributed by atoms with E-state index in [1.54, 1.807) is 0 Å². The summed E-state index contributed by atoms with van der Waals surface area (Å²) in [5.41, 5.74) is 3.17. The average molecular weight is 408 g/mol. The van der Waals surface area contributed by atoms with Crippen molar-refractivity contribution < 1.29 is 24.2 Å². The number of ether oxygens (including phenoxy) is 1. The fraction of sp³-hybridized carbons (Fsp3) is 0.348. The lowest BCUT2D eigenvalue weighted by molar-refractivity contribution is -0.147. The predicted octanol–water partition coefficient (Wildman–Crippen LogP) is 2.89. The predicted molar refractivity (Wildman–Crippen MR) is 110 cm³/mol. The number of alkyl carbamates (subject to hydrolysis) is 1. The second-order valence-electron chi connectivity index (χ2n) is 8.01. The van der Waals surface area contributed by atoms with Crippen LogP contribution in [0.1, 0.15) is 36.8 Å². The van der Waals surface area contributed by atoms with Crippen molar-refractivity contribution in [3.63, 3.8) is 0 Å². The van der Waals surface area contributed by atoms with Gasteiger partial charge in [0.15, 0.2) is 0 Å². The first-order valence-corrected chi connectivity index (χ1v) is 10.0. The van der Waals surface area contributed by atoms with Gasteiger partial charge in [-0.05, 0) is 47.9 Å². The van der Waals surface area contributed by atoms with Crippen molar-refractivity contribution in [3.05, 3.63) is 59.7 Å². The van der Waals surface area contributed by atoms with Crippen molar-refractivity contribution in [3.8, 4) is 11.1 Å². The van der Waals surface area contributed by atoms with Crippen LogP contribution in [0.25, 0.3) is 11.1 Å². The lowest BCUT2D eigenvalue weighted by Crippen LogP contribution is -2.56. The molecule has 4 rings (SSSR count). The fourth-order valence-corrected chi connectivity index (χ4v) is 4.13. The van der Waals surface area contributed by atoms with E-state index in [1.165, 1.54) is 6.92 Å². The molecule has 2 amide bonds. The molecule has 0 bridgehead atoms. The summed E-state index contributed by atoms with van der Waals surface area (Å²) in [4.78, 5) is 35.8. The normalized spacial score (nSPS) is 16.7. The summed E-state index contributed by atoms with van der Waals surface area (Å²) in [6.07, 6.45) is 0.821. The Kier molecular flexibility index (Phi) is 5.20. The highest BCUT2D eigenvalue weighted by Crippen LogP contribution is 2.44. The van der Waals surface area contributed by atoms with E-state index < -0.39 is 23.5 Å². The maximum Gasteiger partial charge on any atom is 0.407 e. The molecule has 0 aromatic heterocycles. The molecular formula is C23H24N2O5. The molecule has 0 saturated heterocycles. The Morgan fingerprint density at radius 2 is 1.60 bits per heavy atom. The minimum Gasteiger partial charge on any atom is -0.480 e. The Hall–Kier alpha value is -3.35. The van der Waals surface area contributed by atoms with Crippen LogP contribution in [0.15, 0.2) is 48.5 Å². The van der Waals surface area contributed by atoms with Crippen LogP contribution >= 0.6 is 0 Å². The van der Waals surface area contributed by atoms with Gasteiger partial charge in [0.1, 0.15) is 18.7 Å². The second-order valence-corrected chi connectivity index (χ2v) is 8.01. The molecule has 7 nitrogen and oxygen atoms in total. The van der Waals surface area contributed by atoms with Gasteiger partial charge in [0.2, 0.25) is 5.91 Å². The standard InChI is InChI=1S/C23H24N2O5/c1-23(21(27)28,14-10-11-14)25-20(26)12-24-22(29)30-13-19-17-8-4-2-6-15(17)16-7-3-5-9-18(16)19/h2-9,14,19H,10-13H2,1H3,(H,24,29)(H,25,26)(H,27,28). The van der Waals surface area contributed by atoms with Crippen LogP contribution in [-0.2, 0) is 14.3 Å². The number of amides is 2. The third-order valence-electron chi connectivity index (χ3n) is 5.97. The molecule has 0 aliphatic heterocycles. The van der Waals surface area contributed by atoms with Gasteiger partial charge < -0.3 is 20.5 Å². The number of carboxylic acid groups (broad SMARTS) is 1. The van der Waals surface area contributed by atoms with Gasteiger partial charge in [-0.25, -0.2) is 9.59 Å². The smallest absolute Gasteiger partial charge is 0.407 e. The molecule has 7 heteroatoms. The van der Waals surface area contributed by atoms with Gasteiger partial charge in [0.05, 0.1) is 0 Å². The van der Waals surface area contributed by atoms with E-state index >= 15 is 0 Å². The Balaban J connectivity index is 1.32. The second kappa shape index (κ2) is 7.82. The lowest BCUT2D eigenvalue weighted by Gasteiger charge is -2.26. The van der Waals surface area contributed by atoms with E-state index in [9.17, 15) is 19.5 Å². The number of carbonyl (C=O) groups is 3. The molecule has 3 N–H and O–H groups in total. The maximum atomic E-state index is 12.1. The van der Waals surface area contributed by atoms with Gasteiger partial charge in [-0.15, -0.1) is 0 Å². The van der Waals surface area contributed by atoms with Crippen LogP contribution < -0.4 is 10.6 Å². The molecule has 0 radical (unpaired) electrons. The molecule has 1 atom stereocenters. The highest BCUT2D eigenvalue weighted by Gasteiger charge is 2.48. The summed E-state index contributed by atoms with van der Waals surface area (Å²) >= 11 is 0. The van der Waals surface area contributed by atoms with E-state index in [2.05, 4.69) is 22.8 Å². The summed E-state index contributed by atoms with van der Waals surface area (Å²) < 4.78 is 5.38. The zero-order valence-corrected chi connectivity index (χ0v) is 16.7. The molecule has 2 aliphatic carbocycles. The van der Waals surface area contributed by atoms with E-state index in [0.29, 0.717) is 0 Å². The highest BCUT2D eigenvalue weighted by atomic mass is 16.5. The molecule has 30 heavy (non-hydrogen) atoms. The molecule has 1 unspecified atom stereocenters. The van der Waals surface area contributed by atoms with Crippen molar-refractivity contribution in [1.82, 2.24) is 10.6 Å². The first-order chi connectivity index (χ1) is 14.4. The van der Waals surface area contributed by atoms with Crippen LogP contribution in [0.2, 0.25) is 0 Å². The average Bonchev–Trinajstić information content (AvgIpc) is 3.54. The van der Waals surface area contributed by atoms with Gasteiger partial charge in [0.25, 0.3) is 0 Å². The van der Waals surface area contributed by atoms with Gasteiger partial charge in [-0.3, -0.25) is 4.79 Å². The molecule has 0 heterocycles. The van der Waals surface area contributed by atoms with Crippen LogP contribution in [0.5, 0.6) is 0 Å². The number of carbonyl (C=O) groups excluding carboxylic acids is 2. The van der Waals surface area contributed by atoms with Crippen molar-refractivity contribution in [2.75, 3.05) is 13.2 Å². The van der Waals surface area contributed by atoms with E-state index in [1.807, 2.05) is 36.4 Å². The monoisotopic (exact) mass is 408 g/mol. The van der Waals surface area contributed by atoms with Gasteiger partial charge in [0, 0.05) is 5.92 Å². The molecule has 2 aliphatic rings. The van der Waals surface area contributed by atoms with Crippen molar-refractivity contribution in [1.29, 1.82) is 0 Å². The lowest BCUT2D eigenvalue weighted by atomic mass is 9.96. The number of carboxylic acids is 1. The highest BCUT2D eigenvalue weighted by molar-refractivity contribution is 5.89. The van der Waals surface area contributed by atoms with Crippen molar-refractivity contribution in [2.45, 2.75) is 31.2 Å². The minimum atomic E-state index is -1.31. The molecule has 1 fully saturated rings. The third kappa shape index (κ3) is 3.75. The maximum absolute atomic E-state index is 12.1. The van der Waals surface area contributed by atoms with Gasteiger partial charge in [-0.2, -0.15) is 0 Å². The molecule has 0 spiro atoms. The summed E-state index contributed by atoms with van der Waals surface area (Å²) in [5, 5.41) is 14.3. The molecule has 1 saturated carbocycles. The number of fused-ring (bicyclic) bond motifs is 3. The molecular weight excluding hydrogens is 384 g/mol. The first-order valence-electron chi connectivity index (χ1n) is 10.0. The zero-order chi connectivity index (χ0) is 21.3. The van der Waals surface area contributed by atoms with E-state index in [0.717, 1.165) is 35.1 Å². The largest absolute Gasteiger partial charge is 0.480 e. The SMILES string of the molecule is CC(NC(=O)CNC(=O)OCC1c2ccccc2-c2ccccc21)(C(=O)O)C1CC1. The fourth-order valence-electron chi connectivity index (χ4n) is 4.13. The van der Waals surface area contributed by atoms with Gasteiger partial charge in [-0.1, -0.05) is 48.5 Å². The molecule has 156 valence electrons. The Morgan fingerprint density at radius 3 is 2.13 bits per heavy atom. The number of benzene rings is 2. The molecule has 2 aromatic carbocycles.